The van der Waals surface area contributed by atoms with Crippen LogP contribution in [0.3, 0.4) is 0 Å². The van der Waals surface area contributed by atoms with Gasteiger partial charge in [0, 0.05) is 23.0 Å². The molecule has 1 aromatic carbocycles. The van der Waals surface area contributed by atoms with Gasteiger partial charge in [-0.25, -0.2) is 0 Å². The molecule has 3 unspecified atom stereocenters. The molecule has 0 aliphatic carbocycles. The van der Waals surface area contributed by atoms with Crippen molar-refractivity contribution in [1.29, 1.82) is 0 Å². The van der Waals surface area contributed by atoms with Crippen LogP contribution in [0.15, 0.2) is 33.3 Å². The summed E-state index contributed by atoms with van der Waals surface area (Å²) >= 11 is 3.44. The van der Waals surface area contributed by atoms with Gasteiger partial charge in [0.25, 0.3) is 0 Å². The van der Waals surface area contributed by atoms with E-state index in [1.54, 1.807) is 0 Å². The van der Waals surface area contributed by atoms with Gasteiger partial charge in [0.2, 0.25) is 5.89 Å². The summed E-state index contributed by atoms with van der Waals surface area (Å²) in [5.41, 5.74) is 1.20. The Morgan fingerprint density at radius 3 is 2.80 bits per heavy atom. The number of fused-ring (bicyclic) bond motifs is 2. The van der Waals surface area contributed by atoms with Gasteiger partial charge in [-0.1, -0.05) is 33.2 Å². The first-order valence-electron chi connectivity index (χ1n) is 7.11. The van der Waals surface area contributed by atoms with Gasteiger partial charge in [-0.05, 0) is 37.0 Å². The maximum absolute atomic E-state index is 5.49. The van der Waals surface area contributed by atoms with Gasteiger partial charge in [0.05, 0.1) is 5.92 Å². The summed E-state index contributed by atoms with van der Waals surface area (Å²) in [7, 11) is 0. The zero-order valence-corrected chi connectivity index (χ0v) is 12.6. The van der Waals surface area contributed by atoms with Crippen molar-refractivity contribution in [1.82, 2.24) is 15.5 Å². The number of halogens is 1. The van der Waals surface area contributed by atoms with E-state index in [1.165, 1.54) is 18.4 Å². The van der Waals surface area contributed by atoms with E-state index in [-0.39, 0.29) is 0 Å². The Bertz CT molecular complexity index is 610. The van der Waals surface area contributed by atoms with Crippen molar-refractivity contribution in [2.24, 2.45) is 0 Å². The lowest BCUT2D eigenvalue weighted by atomic mass is 9.89. The topological polar surface area (TPSA) is 51.0 Å². The Labute approximate surface area is 126 Å². The molecule has 2 aromatic rings. The van der Waals surface area contributed by atoms with Gasteiger partial charge in [-0.3, -0.25) is 0 Å². The van der Waals surface area contributed by atoms with Gasteiger partial charge in [0.15, 0.2) is 5.82 Å². The van der Waals surface area contributed by atoms with Crippen LogP contribution in [0.5, 0.6) is 0 Å². The Morgan fingerprint density at radius 2 is 2.10 bits per heavy atom. The molecule has 0 radical (unpaired) electrons. The van der Waals surface area contributed by atoms with Crippen LogP contribution in [-0.2, 0) is 6.42 Å². The summed E-state index contributed by atoms with van der Waals surface area (Å²) in [5, 5.41) is 7.75. The molecule has 3 heterocycles. The molecular weight excluding hydrogens is 318 g/mol. The van der Waals surface area contributed by atoms with Gasteiger partial charge in [-0.15, -0.1) is 0 Å². The molecule has 0 saturated carbocycles. The second-order valence-corrected chi connectivity index (χ2v) is 6.66. The molecule has 2 aliphatic heterocycles. The smallest absolute Gasteiger partial charge is 0.231 e. The summed E-state index contributed by atoms with van der Waals surface area (Å²) < 4.78 is 6.57. The van der Waals surface area contributed by atoms with E-state index < -0.39 is 0 Å². The Balaban J connectivity index is 1.49. The fraction of sp³-hybridized carbons (Fsp3) is 0.467. The molecule has 3 atom stereocenters. The van der Waals surface area contributed by atoms with Crippen molar-refractivity contribution >= 4 is 15.9 Å². The summed E-state index contributed by atoms with van der Waals surface area (Å²) in [6.45, 7) is 0. The number of rotatable bonds is 3. The van der Waals surface area contributed by atoms with E-state index in [2.05, 4.69) is 43.5 Å². The van der Waals surface area contributed by atoms with Crippen LogP contribution < -0.4 is 5.32 Å². The first kappa shape index (κ1) is 12.5. The molecule has 0 spiro atoms. The first-order chi connectivity index (χ1) is 9.78. The second kappa shape index (κ2) is 4.97. The highest BCUT2D eigenvalue weighted by atomic mass is 79.9. The number of hydrogen-bond acceptors (Lipinski definition) is 4. The average Bonchev–Trinajstić information content (AvgIpc) is 3.17. The number of aromatic nitrogens is 2. The molecule has 0 amide bonds. The molecule has 104 valence electrons. The lowest BCUT2D eigenvalue weighted by Gasteiger charge is -2.15. The number of benzene rings is 1. The Hall–Kier alpha value is -1.20. The van der Waals surface area contributed by atoms with E-state index in [9.17, 15) is 0 Å². The maximum atomic E-state index is 5.49. The zero-order valence-electron chi connectivity index (χ0n) is 11.1. The third kappa shape index (κ3) is 2.29. The van der Waals surface area contributed by atoms with Crippen LogP contribution in [0.1, 0.15) is 42.5 Å². The van der Waals surface area contributed by atoms with Crippen molar-refractivity contribution in [3.05, 3.63) is 46.0 Å². The van der Waals surface area contributed by atoms with Crippen molar-refractivity contribution in [3.63, 3.8) is 0 Å². The lowest BCUT2D eigenvalue weighted by molar-refractivity contribution is 0.327. The fourth-order valence-electron chi connectivity index (χ4n) is 3.37. The highest BCUT2D eigenvalue weighted by Crippen LogP contribution is 2.39. The molecule has 1 N–H and O–H groups in total. The van der Waals surface area contributed by atoms with Crippen LogP contribution in [0.25, 0.3) is 0 Å². The van der Waals surface area contributed by atoms with E-state index >= 15 is 0 Å². The SMILES string of the molecule is Brc1ccc(Cc2noc(C3CC4CCC3N4)n2)cc1. The predicted molar refractivity (Wildman–Crippen MR) is 78.5 cm³/mol. The Kier molecular flexibility index (Phi) is 3.11. The van der Waals surface area contributed by atoms with E-state index in [4.69, 9.17) is 4.52 Å². The molecule has 5 heteroatoms. The second-order valence-electron chi connectivity index (χ2n) is 5.74. The molecule has 4 rings (SSSR count). The van der Waals surface area contributed by atoms with Crippen LogP contribution in [0, 0.1) is 0 Å². The number of nitrogens with zero attached hydrogens (tertiary/aromatic N) is 2. The monoisotopic (exact) mass is 333 g/mol. The van der Waals surface area contributed by atoms with Gasteiger partial charge in [-0.2, -0.15) is 4.98 Å². The van der Waals surface area contributed by atoms with Crippen LogP contribution in [-0.4, -0.2) is 22.2 Å². The first-order valence-corrected chi connectivity index (χ1v) is 7.90. The van der Waals surface area contributed by atoms with Crippen molar-refractivity contribution < 1.29 is 4.52 Å². The quantitative estimate of drug-likeness (QED) is 0.937. The standard InChI is InChI=1S/C15H16BrN3O/c16-10-3-1-9(2-4-10)7-14-18-15(20-19-14)12-8-11-5-6-13(12)17-11/h1-4,11-13,17H,5-8H2. The highest BCUT2D eigenvalue weighted by molar-refractivity contribution is 9.10. The highest BCUT2D eigenvalue weighted by Gasteiger charge is 2.42. The van der Waals surface area contributed by atoms with Crippen LogP contribution >= 0.6 is 15.9 Å². The lowest BCUT2D eigenvalue weighted by Crippen LogP contribution is -2.21. The molecule has 2 aliphatic rings. The van der Waals surface area contributed by atoms with Crippen LogP contribution in [0.2, 0.25) is 0 Å². The third-order valence-electron chi connectivity index (χ3n) is 4.38. The molecule has 2 bridgehead atoms. The van der Waals surface area contributed by atoms with E-state index in [0.717, 1.165) is 29.0 Å². The molecule has 20 heavy (non-hydrogen) atoms. The largest absolute Gasteiger partial charge is 0.339 e. The van der Waals surface area contributed by atoms with E-state index in [0.29, 0.717) is 18.0 Å². The van der Waals surface area contributed by atoms with Gasteiger partial charge < -0.3 is 9.84 Å². The fourth-order valence-corrected chi connectivity index (χ4v) is 3.64. The third-order valence-corrected chi connectivity index (χ3v) is 4.91. The van der Waals surface area contributed by atoms with Gasteiger partial charge in [0.1, 0.15) is 0 Å². The normalized spacial score (nSPS) is 28.1. The summed E-state index contributed by atoms with van der Waals surface area (Å²) in [6, 6.07) is 9.44. The van der Waals surface area contributed by atoms with Crippen molar-refractivity contribution in [3.8, 4) is 0 Å². The Morgan fingerprint density at radius 1 is 1.25 bits per heavy atom. The predicted octanol–water partition coefficient (Wildman–Crippen LogP) is 3.03. The molecule has 4 nitrogen and oxygen atoms in total. The molecule has 1 aromatic heterocycles. The number of hydrogen-bond donors (Lipinski definition) is 1. The minimum atomic E-state index is 0.417. The van der Waals surface area contributed by atoms with E-state index in [1.807, 2.05) is 12.1 Å². The van der Waals surface area contributed by atoms with Gasteiger partial charge >= 0.3 is 0 Å². The summed E-state index contributed by atoms with van der Waals surface area (Å²) in [6.07, 6.45) is 4.40. The van der Waals surface area contributed by atoms with Crippen molar-refractivity contribution in [2.45, 2.75) is 43.7 Å². The minimum absolute atomic E-state index is 0.417. The van der Waals surface area contributed by atoms with Crippen molar-refractivity contribution in [2.75, 3.05) is 0 Å². The maximum Gasteiger partial charge on any atom is 0.231 e. The summed E-state index contributed by atoms with van der Waals surface area (Å²) in [5.74, 6) is 2.02. The number of nitrogens with one attached hydrogen (secondary N) is 1. The summed E-state index contributed by atoms with van der Waals surface area (Å²) in [4.78, 5) is 4.60. The minimum Gasteiger partial charge on any atom is -0.339 e. The molecule has 2 fully saturated rings. The molecular formula is C15H16BrN3O. The zero-order chi connectivity index (χ0) is 13.5. The molecule has 2 saturated heterocycles. The van der Waals surface area contributed by atoms with Crippen LogP contribution in [0.4, 0.5) is 0 Å². The average molecular weight is 334 g/mol.